The van der Waals surface area contributed by atoms with Crippen LogP contribution in [0.15, 0.2) is 54.6 Å². The van der Waals surface area contributed by atoms with Crippen LogP contribution in [0.25, 0.3) is 0 Å². The van der Waals surface area contributed by atoms with Crippen molar-refractivity contribution in [3.8, 4) is 5.75 Å². The summed E-state index contributed by atoms with van der Waals surface area (Å²) in [6.07, 6.45) is 1.85. The summed E-state index contributed by atoms with van der Waals surface area (Å²) in [5.41, 5.74) is 1.64. The first-order valence-electron chi connectivity index (χ1n) is 9.46. The summed E-state index contributed by atoms with van der Waals surface area (Å²) in [6, 6.07) is 16.7. The topological polar surface area (TPSA) is 79.0 Å². The van der Waals surface area contributed by atoms with Crippen LogP contribution >= 0.6 is 0 Å². The van der Waals surface area contributed by atoms with E-state index in [0.717, 1.165) is 11.9 Å². The van der Waals surface area contributed by atoms with Crippen LogP contribution < -0.4 is 19.3 Å². The van der Waals surface area contributed by atoms with Crippen molar-refractivity contribution in [2.45, 2.75) is 12.8 Å². The maximum Gasteiger partial charge on any atom is 0.232 e. The molecule has 0 spiro atoms. The summed E-state index contributed by atoms with van der Waals surface area (Å²) in [5, 5.41) is 2.89. The number of ether oxygens (including phenoxy) is 1. The zero-order valence-electron chi connectivity index (χ0n) is 17.2. The number of methoxy groups -OCH3 is 1. The molecule has 1 amide bonds. The van der Waals surface area contributed by atoms with Crippen LogP contribution in [0.1, 0.15) is 12.8 Å². The molecule has 0 bridgehead atoms. The van der Waals surface area contributed by atoms with Gasteiger partial charge in [0, 0.05) is 38.8 Å². The van der Waals surface area contributed by atoms with Crippen LogP contribution in [0, 0.1) is 0 Å². The Morgan fingerprint density at radius 1 is 1.00 bits per heavy atom. The Bertz CT molecular complexity index is 871. The van der Waals surface area contributed by atoms with E-state index in [1.807, 2.05) is 37.4 Å². The van der Waals surface area contributed by atoms with Gasteiger partial charge in [-0.2, -0.15) is 0 Å². The van der Waals surface area contributed by atoms with Crippen molar-refractivity contribution >= 4 is 27.3 Å². The van der Waals surface area contributed by atoms with Crippen LogP contribution in [-0.4, -0.2) is 54.4 Å². The molecule has 0 unspecified atom stereocenters. The van der Waals surface area contributed by atoms with Crippen LogP contribution in [0.3, 0.4) is 0 Å². The fourth-order valence-electron chi connectivity index (χ4n) is 2.88. The molecule has 7 nitrogen and oxygen atoms in total. The van der Waals surface area contributed by atoms with E-state index in [1.54, 1.807) is 31.4 Å². The summed E-state index contributed by atoms with van der Waals surface area (Å²) in [7, 11) is 0.0875. The SMILES string of the molecule is COc1ccc(N(CCCC(=O)NCCN(C)c2ccccc2)S(C)(=O)=O)cc1. The molecular formula is C21H29N3O4S. The van der Waals surface area contributed by atoms with E-state index in [-0.39, 0.29) is 18.9 Å². The molecular weight excluding hydrogens is 390 g/mol. The highest BCUT2D eigenvalue weighted by Crippen LogP contribution is 2.21. The summed E-state index contributed by atoms with van der Waals surface area (Å²) < 4.78 is 30.7. The number of benzene rings is 2. The highest BCUT2D eigenvalue weighted by Gasteiger charge is 2.17. The maximum absolute atomic E-state index is 12.1. The molecule has 0 fully saturated rings. The molecule has 0 saturated heterocycles. The van der Waals surface area contributed by atoms with Gasteiger partial charge in [0.25, 0.3) is 0 Å². The van der Waals surface area contributed by atoms with Gasteiger partial charge in [-0.25, -0.2) is 8.42 Å². The minimum Gasteiger partial charge on any atom is -0.497 e. The van der Waals surface area contributed by atoms with Crippen molar-refractivity contribution in [1.29, 1.82) is 0 Å². The Kier molecular flexibility index (Phi) is 8.33. The summed E-state index contributed by atoms with van der Waals surface area (Å²) in [6.45, 7) is 1.46. The third-order valence-electron chi connectivity index (χ3n) is 4.49. The minimum absolute atomic E-state index is 0.0883. The van der Waals surface area contributed by atoms with Crippen LogP contribution in [0.5, 0.6) is 5.75 Å². The molecule has 1 N–H and O–H groups in total. The van der Waals surface area contributed by atoms with E-state index in [2.05, 4.69) is 10.2 Å². The maximum atomic E-state index is 12.1. The zero-order chi connectivity index (χ0) is 21.3. The molecule has 29 heavy (non-hydrogen) atoms. The van der Waals surface area contributed by atoms with Crippen molar-refractivity contribution in [1.82, 2.24) is 5.32 Å². The largest absolute Gasteiger partial charge is 0.497 e. The summed E-state index contributed by atoms with van der Waals surface area (Å²) >= 11 is 0. The van der Waals surface area contributed by atoms with Gasteiger partial charge in [0.2, 0.25) is 15.9 Å². The quantitative estimate of drug-likeness (QED) is 0.605. The molecule has 0 aliphatic heterocycles. The van der Waals surface area contributed by atoms with Crippen molar-refractivity contribution < 1.29 is 17.9 Å². The van der Waals surface area contributed by atoms with Crippen LogP contribution in [0.2, 0.25) is 0 Å². The first kappa shape index (κ1) is 22.5. The van der Waals surface area contributed by atoms with Gasteiger partial charge in [-0.3, -0.25) is 9.10 Å². The second kappa shape index (κ2) is 10.7. The Balaban J connectivity index is 1.79. The number of hydrogen-bond donors (Lipinski definition) is 1. The van der Waals surface area contributed by atoms with Gasteiger partial charge in [-0.05, 0) is 42.8 Å². The molecule has 8 heteroatoms. The standard InChI is InChI=1S/C21H29N3O4S/c1-23(18-8-5-4-6-9-18)17-15-22-21(25)10-7-16-24(29(3,26)27)19-11-13-20(28-2)14-12-19/h4-6,8-9,11-14H,7,10,15-17H2,1-3H3,(H,22,25). The molecule has 0 aliphatic carbocycles. The monoisotopic (exact) mass is 419 g/mol. The zero-order valence-corrected chi connectivity index (χ0v) is 18.0. The first-order chi connectivity index (χ1) is 13.8. The van der Waals surface area contributed by atoms with Gasteiger partial charge in [0.05, 0.1) is 19.1 Å². The molecule has 0 atom stereocenters. The number of likely N-dealkylation sites (N-methyl/N-ethyl adjacent to an activating group) is 1. The number of nitrogens with one attached hydrogen (secondary N) is 1. The minimum atomic E-state index is -3.44. The van der Waals surface area contributed by atoms with Crippen molar-refractivity contribution in [2.75, 3.05) is 49.3 Å². The molecule has 2 rings (SSSR count). The molecule has 0 aromatic heterocycles. The third-order valence-corrected chi connectivity index (χ3v) is 5.69. The number of carbonyl (C=O) groups excluding carboxylic acids is 1. The van der Waals surface area contributed by atoms with Gasteiger partial charge in [-0.15, -0.1) is 0 Å². The number of anilines is 2. The molecule has 2 aromatic rings. The number of sulfonamides is 1. The predicted molar refractivity (Wildman–Crippen MR) is 117 cm³/mol. The average molecular weight is 420 g/mol. The van der Waals surface area contributed by atoms with Gasteiger partial charge in [0.1, 0.15) is 5.75 Å². The fraction of sp³-hybridized carbons (Fsp3) is 0.381. The molecule has 158 valence electrons. The number of rotatable bonds is 11. The third kappa shape index (κ3) is 7.30. The Morgan fingerprint density at radius 2 is 1.66 bits per heavy atom. The van der Waals surface area contributed by atoms with E-state index >= 15 is 0 Å². The number of para-hydroxylation sites is 1. The van der Waals surface area contributed by atoms with E-state index in [1.165, 1.54) is 4.31 Å². The molecule has 2 aromatic carbocycles. The lowest BCUT2D eigenvalue weighted by atomic mass is 10.2. The van der Waals surface area contributed by atoms with Crippen molar-refractivity contribution in [3.05, 3.63) is 54.6 Å². The van der Waals surface area contributed by atoms with E-state index in [4.69, 9.17) is 4.74 Å². The average Bonchev–Trinajstić information content (AvgIpc) is 2.71. The molecule has 0 heterocycles. The van der Waals surface area contributed by atoms with Crippen molar-refractivity contribution in [3.63, 3.8) is 0 Å². The van der Waals surface area contributed by atoms with Crippen LogP contribution in [0.4, 0.5) is 11.4 Å². The first-order valence-corrected chi connectivity index (χ1v) is 11.3. The van der Waals surface area contributed by atoms with E-state index in [0.29, 0.717) is 30.9 Å². The molecule has 0 saturated carbocycles. The smallest absolute Gasteiger partial charge is 0.232 e. The molecule has 0 aliphatic rings. The van der Waals surface area contributed by atoms with Gasteiger partial charge < -0.3 is 15.0 Å². The van der Waals surface area contributed by atoms with E-state index < -0.39 is 10.0 Å². The normalized spacial score (nSPS) is 11.0. The fourth-order valence-corrected chi connectivity index (χ4v) is 3.85. The highest BCUT2D eigenvalue weighted by molar-refractivity contribution is 7.92. The Morgan fingerprint density at radius 3 is 2.24 bits per heavy atom. The number of carbonyl (C=O) groups is 1. The Labute approximate surface area is 173 Å². The lowest BCUT2D eigenvalue weighted by Gasteiger charge is -2.22. The second-order valence-corrected chi connectivity index (χ2v) is 8.65. The second-order valence-electron chi connectivity index (χ2n) is 6.74. The van der Waals surface area contributed by atoms with Gasteiger partial charge in [0.15, 0.2) is 0 Å². The van der Waals surface area contributed by atoms with E-state index in [9.17, 15) is 13.2 Å². The number of nitrogens with zero attached hydrogens (tertiary/aromatic N) is 2. The Hall–Kier alpha value is -2.74. The lowest BCUT2D eigenvalue weighted by Crippen LogP contribution is -2.34. The summed E-state index contributed by atoms with van der Waals surface area (Å²) in [5.74, 6) is 0.566. The number of hydrogen-bond acceptors (Lipinski definition) is 5. The lowest BCUT2D eigenvalue weighted by molar-refractivity contribution is -0.121. The highest BCUT2D eigenvalue weighted by atomic mass is 32.2. The summed E-state index contributed by atoms with van der Waals surface area (Å²) in [4.78, 5) is 14.2. The number of amides is 1. The van der Waals surface area contributed by atoms with Gasteiger partial charge in [-0.1, -0.05) is 18.2 Å². The van der Waals surface area contributed by atoms with Crippen molar-refractivity contribution in [2.24, 2.45) is 0 Å². The predicted octanol–water partition coefficient (Wildman–Crippen LogP) is 2.49. The van der Waals surface area contributed by atoms with Gasteiger partial charge >= 0.3 is 0 Å². The molecule has 0 radical (unpaired) electrons. The van der Waals surface area contributed by atoms with Crippen LogP contribution in [-0.2, 0) is 14.8 Å².